The number of rotatable bonds is 3. The lowest BCUT2D eigenvalue weighted by atomic mass is 10.1. The van der Waals surface area contributed by atoms with Crippen molar-refractivity contribution in [1.29, 1.82) is 0 Å². The van der Waals surface area contributed by atoms with Gasteiger partial charge in [-0.25, -0.2) is 4.39 Å². The van der Waals surface area contributed by atoms with Crippen LogP contribution >= 0.6 is 0 Å². The van der Waals surface area contributed by atoms with Gasteiger partial charge in [0.05, 0.1) is 29.6 Å². The Bertz CT molecular complexity index is 838. The van der Waals surface area contributed by atoms with Gasteiger partial charge in [-0.05, 0) is 50.2 Å². The van der Waals surface area contributed by atoms with E-state index in [1.807, 2.05) is 0 Å². The molecule has 0 aliphatic carbocycles. The van der Waals surface area contributed by atoms with Crippen LogP contribution in [0.25, 0.3) is 11.3 Å². The Hall–Kier alpha value is -2.80. The van der Waals surface area contributed by atoms with Crippen molar-refractivity contribution < 1.29 is 18.7 Å². The molecule has 6 nitrogen and oxygen atoms in total. The Morgan fingerprint density at radius 2 is 1.88 bits per heavy atom. The Kier molecular flexibility index (Phi) is 4.99. The molecule has 26 heavy (non-hydrogen) atoms. The van der Waals surface area contributed by atoms with Crippen molar-refractivity contribution in [3.05, 3.63) is 53.5 Å². The highest BCUT2D eigenvalue weighted by Crippen LogP contribution is 2.21. The van der Waals surface area contributed by atoms with Crippen LogP contribution in [-0.4, -0.2) is 47.0 Å². The van der Waals surface area contributed by atoms with Crippen LogP contribution in [0.4, 0.5) is 4.39 Å². The van der Waals surface area contributed by atoms with Crippen LogP contribution in [0, 0.1) is 12.7 Å². The maximum absolute atomic E-state index is 13.1. The fourth-order valence-corrected chi connectivity index (χ4v) is 3.01. The average molecular weight is 357 g/mol. The summed E-state index contributed by atoms with van der Waals surface area (Å²) in [5.74, 6) is -1.12. The van der Waals surface area contributed by atoms with Crippen molar-refractivity contribution in [2.45, 2.75) is 26.1 Å². The fraction of sp³-hybridized carbons (Fsp3) is 0.316. The Balaban J connectivity index is 1.83. The number of hydrogen-bond acceptors (Lipinski definition) is 4. The van der Waals surface area contributed by atoms with E-state index >= 15 is 0 Å². The first-order chi connectivity index (χ1) is 12.3. The molecule has 0 saturated carbocycles. The molecule has 2 aromatic rings. The minimum Gasteiger partial charge on any atom is -0.367 e. The molecule has 0 radical (unpaired) electrons. The topological polar surface area (TPSA) is 85.5 Å². The summed E-state index contributed by atoms with van der Waals surface area (Å²) in [6, 6.07) is 9.43. The van der Waals surface area contributed by atoms with Crippen LogP contribution in [-0.2, 0) is 9.53 Å². The third kappa shape index (κ3) is 3.72. The lowest BCUT2D eigenvalue weighted by Crippen LogP contribution is -2.53. The number of morpholine rings is 1. The summed E-state index contributed by atoms with van der Waals surface area (Å²) in [7, 11) is 0. The molecule has 1 aromatic heterocycles. The molecule has 1 saturated heterocycles. The number of aromatic nitrogens is 1. The van der Waals surface area contributed by atoms with E-state index in [2.05, 4.69) is 4.98 Å². The first-order valence-electron chi connectivity index (χ1n) is 8.33. The SMILES string of the molecule is Cc1nc(-c2ccc(F)cc2)ccc1C(=O)N1CC(C)OC(C(N)=O)C1. The summed E-state index contributed by atoms with van der Waals surface area (Å²) in [4.78, 5) is 30.3. The number of primary amides is 1. The van der Waals surface area contributed by atoms with Gasteiger partial charge in [0.15, 0.2) is 6.10 Å². The van der Waals surface area contributed by atoms with Crippen molar-refractivity contribution in [3.63, 3.8) is 0 Å². The largest absolute Gasteiger partial charge is 0.367 e. The molecule has 2 atom stereocenters. The standard InChI is InChI=1S/C19H20FN3O3/c1-11-9-23(10-17(26-11)18(21)24)19(25)15-7-8-16(22-12(15)2)13-3-5-14(20)6-4-13/h3-8,11,17H,9-10H2,1-2H3,(H2,21,24). The van der Waals surface area contributed by atoms with Crippen LogP contribution in [0.15, 0.2) is 36.4 Å². The van der Waals surface area contributed by atoms with Gasteiger partial charge in [0.2, 0.25) is 5.91 Å². The van der Waals surface area contributed by atoms with Gasteiger partial charge in [-0.1, -0.05) is 0 Å². The number of halogens is 1. The van der Waals surface area contributed by atoms with Crippen LogP contribution in [0.1, 0.15) is 23.0 Å². The second-order valence-electron chi connectivity index (χ2n) is 6.38. The van der Waals surface area contributed by atoms with Crippen molar-refractivity contribution in [2.75, 3.05) is 13.1 Å². The molecule has 2 N–H and O–H groups in total. The second-order valence-corrected chi connectivity index (χ2v) is 6.38. The van der Waals surface area contributed by atoms with Gasteiger partial charge < -0.3 is 15.4 Å². The van der Waals surface area contributed by atoms with E-state index in [1.165, 1.54) is 12.1 Å². The van der Waals surface area contributed by atoms with Gasteiger partial charge >= 0.3 is 0 Å². The summed E-state index contributed by atoms with van der Waals surface area (Å²) in [6.45, 7) is 4.03. The smallest absolute Gasteiger partial charge is 0.255 e. The molecular weight excluding hydrogens is 337 g/mol. The quantitative estimate of drug-likeness (QED) is 0.909. The van der Waals surface area contributed by atoms with Gasteiger partial charge in [0, 0.05) is 12.1 Å². The summed E-state index contributed by atoms with van der Waals surface area (Å²) < 4.78 is 18.5. The summed E-state index contributed by atoms with van der Waals surface area (Å²) >= 11 is 0. The number of amides is 2. The fourth-order valence-electron chi connectivity index (χ4n) is 3.01. The first kappa shape index (κ1) is 18.0. The van der Waals surface area contributed by atoms with Crippen molar-refractivity contribution in [2.24, 2.45) is 5.73 Å². The van der Waals surface area contributed by atoms with Crippen LogP contribution in [0.2, 0.25) is 0 Å². The van der Waals surface area contributed by atoms with Gasteiger partial charge in [0.25, 0.3) is 5.91 Å². The lowest BCUT2D eigenvalue weighted by molar-refractivity contribution is -0.140. The number of carbonyl (C=O) groups is 2. The van der Waals surface area contributed by atoms with E-state index in [-0.39, 0.29) is 24.4 Å². The van der Waals surface area contributed by atoms with Crippen LogP contribution in [0.5, 0.6) is 0 Å². The predicted molar refractivity (Wildman–Crippen MR) is 93.8 cm³/mol. The van der Waals surface area contributed by atoms with E-state index in [0.29, 0.717) is 23.5 Å². The zero-order valence-corrected chi connectivity index (χ0v) is 14.6. The lowest BCUT2D eigenvalue weighted by Gasteiger charge is -2.35. The number of ether oxygens (including phenoxy) is 1. The van der Waals surface area contributed by atoms with Crippen molar-refractivity contribution in [3.8, 4) is 11.3 Å². The van der Waals surface area contributed by atoms with Gasteiger partial charge in [0.1, 0.15) is 5.82 Å². The molecule has 1 aromatic carbocycles. The number of nitrogens with zero attached hydrogens (tertiary/aromatic N) is 2. The number of hydrogen-bond donors (Lipinski definition) is 1. The summed E-state index contributed by atoms with van der Waals surface area (Å²) in [6.07, 6.45) is -1.09. The normalized spacial score (nSPS) is 20.0. The van der Waals surface area contributed by atoms with Gasteiger partial charge in [-0.3, -0.25) is 14.6 Å². The Morgan fingerprint density at radius 3 is 2.50 bits per heavy atom. The summed E-state index contributed by atoms with van der Waals surface area (Å²) in [5.41, 5.74) is 7.75. The monoisotopic (exact) mass is 357 g/mol. The Labute approximate surface area is 150 Å². The van der Waals surface area contributed by atoms with E-state index in [9.17, 15) is 14.0 Å². The molecule has 1 aliphatic heterocycles. The molecule has 3 rings (SSSR count). The summed E-state index contributed by atoms with van der Waals surface area (Å²) in [5, 5.41) is 0. The number of aryl methyl sites for hydroxylation is 1. The minimum atomic E-state index is -0.811. The van der Waals surface area contributed by atoms with Crippen LogP contribution < -0.4 is 5.73 Å². The van der Waals surface area contributed by atoms with E-state index in [0.717, 1.165) is 5.56 Å². The molecule has 7 heteroatoms. The molecule has 0 bridgehead atoms. The maximum Gasteiger partial charge on any atom is 0.255 e. The molecule has 2 unspecified atom stereocenters. The Morgan fingerprint density at radius 1 is 1.19 bits per heavy atom. The highest BCUT2D eigenvalue weighted by molar-refractivity contribution is 5.96. The van der Waals surface area contributed by atoms with E-state index < -0.39 is 12.0 Å². The minimum absolute atomic E-state index is 0.123. The number of carbonyl (C=O) groups excluding carboxylic acids is 2. The molecule has 2 amide bonds. The number of nitrogens with two attached hydrogens (primary N) is 1. The molecule has 2 heterocycles. The average Bonchev–Trinajstić information content (AvgIpc) is 2.61. The molecule has 0 spiro atoms. The molecular formula is C19H20FN3O3. The highest BCUT2D eigenvalue weighted by Gasteiger charge is 2.32. The first-order valence-corrected chi connectivity index (χ1v) is 8.33. The zero-order chi connectivity index (χ0) is 18.8. The van der Waals surface area contributed by atoms with Crippen molar-refractivity contribution in [1.82, 2.24) is 9.88 Å². The number of benzene rings is 1. The third-order valence-electron chi connectivity index (χ3n) is 4.32. The molecule has 136 valence electrons. The van der Waals surface area contributed by atoms with Crippen molar-refractivity contribution >= 4 is 11.8 Å². The molecule has 1 aliphatic rings. The highest BCUT2D eigenvalue weighted by atomic mass is 19.1. The predicted octanol–water partition coefficient (Wildman–Crippen LogP) is 1.91. The number of pyridine rings is 1. The maximum atomic E-state index is 13.1. The van der Waals surface area contributed by atoms with E-state index in [4.69, 9.17) is 10.5 Å². The van der Waals surface area contributed by atoms with Gasteiger partial charge in [-0.15, -0.1) is 0 Å². The molecule has 1 fully saturated rings. The van der Waals surface area contributed by atoms with Gasteiger partial charge in [-0.2, -0.15) is 0 Å². The zero-order valence-electron chi connectivity index (χ0n) is 14.6. The second kappa shape index (κ2) is 7.21. The third-order valence-corrected chi connectivity index (χ3v) is 4.32. The van der Waals surface area contributed by atoms with E-state index in [1.54, 1.807) is 43.0 Å². The van der Waals surface area contributed by atoms with Crippen LogP contribution in [0.3, 0.4) is 0 Å².